The normalized spacial score (nSPS) is 10.6. The molecule has 0 atom stereocenters. The molecule has 0 spiro atoms. The summed E-state index contributed by atoms with van der Waals surface area (Å²) in [6.45, 7) is 6.67. The highest BCUT2D eigenvalue weighted by molar-refractivity contribution is 7.14. The number of carbonyl (C=O) groups is 1. The van der Waals surface area contributed by atoms with Crippen molar-refractivity contribution in [2.75, 3.05) is 17.2 Å². The molecule has 20 heavy (non-hydrogen) atoms. The molecule has 1 aromatic carbocycles. The van der Waals surface area contributed by atoms with Crippen molar-refractivity contribution in [3.8, 4) is 11.3 Å². The van der Waals surface area contributed by atoms with Crippen molar-refractivity contribution in [1.29, 1.82) is 0 Å². The molecule has 0 fully saturated rings. The van der Waals surface area contributed by atoms with E-state index in [1.807, 2.05) is 50.4 Å². The molecule has 1 amide bonds. The van der Waals surface area contributed by atoms with E-state index < -0.39 is 0 Å². The molecule has 0 saturated carbocycles. The summed E-state index contributed by atoms with van der Waals surface area (Å²) in [6, 6.07) is 7.76. The van der Waals surface area contributed by atoms with Gasteiger partial charge in [0.2, 0.25) is 5.91 Å². The van der Waals surface area contributed by atoms with E-state index in [9.17, 15) is 4.79 Å². The van der Waals surface area contributed by atoms with Crippen LogP contribution < -0.4 is 10.6 Å². The van der Waals surface area contributed by atoms with Crippen molar-refractivity contribution in [3.63, 3.8) is 0 Å². The Kier molecular flexibility index (Phi) is 4.74. The predicted molar refractivity (Wildman–Crippen MR) is 85.2 cm³/mol. The highest BCUT2D eigenvalue weighted by Gasteiger charge is 2.08. The summed E-state index contributed by atoms with van der Waals surface area (Å²) in [5, 5.41) is 9.03. The van der Waals surface area contributed by atoms with Crippen LogP contribution in [0, 0.1) is 5.92 Å². The third-order valence-corrected chi connectivity index (χ3v) is 3.60. The van der Waals surface area contributed by atoms with Gasteiger partial charge in [-0.3, -0.25) is 4.79 Å². The maximum absolute atomic E-state index is 11.6. The van der Waals surface area contributed by atoms with Gasteiger partial charge >= 0.3 is 0 Å². The van der Waals surface area contributed by atoms with Crippen molar-refractivity contribution < 1.29 is 4.79 Å². The molecule has 0 saturated heterocycles. The van der Waals surface area contributed by atoms with Gasteiger partial charge in [-0.1, -0.05) is 26.0 Å². The Bertz CT molecular complexity index is 575. The molecular formula is C15H19N3OS. The zero-order valence-electron chi connectivity index (χ0n) is 11.9. The fourth-order valence-corrected chi connectivity index (χ4v) is 2.44. The van der Waals surface area contributed by atoms with Crippen LogP contribution in [-0.4, -0.2) is 17.4 Å². The van der Waals surface area contributed by atoms with Gasteiger partial charge in [-0.25, -0.2) is 4.98 Å². The molecule has 1 heterocycles. The molecule has 5 heteroatoms. The summed E-state index contributed by atoms with van der Waals surface area (Å²) < 4.78 is 0. The summed E-state index contributed by atoms with van der Waals surface area (Å²) >= 11 is 1.60. The number of hydrogen-bond donors (Lipinski definition) is 2. The zero-order valence-corrected chi connectivity index (χ0v) is 12.8. The average Bonchev–Trinajstić information content (AvgIpc) is 2.88. The Hall–Kier alpha value is -1.88. The first-order valence-electron chi connectivity index (χ1n) is 6.71. The van der Waals surface area contributed by atoms with Gasteiger partial charge in [0.15, 0.2) is 5.13 Å². The van der Waals surface area contributed by atoms with Crippen molar-refractivity contribution in [2.45, 2.75) is 20.8 Å². The maximum atomic E-state index is 11.6. The zero-order chi connectivity index (χ0) is 14.5. The molecule has 0 aliphatic carbocycles. The molecule has 0 aliphatic heterocycles. The van der Waals surface area contributed by atoms with Gasteiger partial charge in [0.25, 0.3) is 0 Å². The van der Waals surface area contributed by atoms with Crippen molar-refractivity contribution in [3.05, 3.63) is 29.6 Å². The monoisotopic (exact) mass is 289 g/mol. The number of benzene rings is 1. The summed E-state index contributed by atoms with van der Waals surface area (Å²) in [5.41, 5.74) is 2.82. The summed E-state index contributed by atoms with van der Waals surface area (Å²) in [5.74, 6) is 0.0109. The maximum Gasteiger partial charge on any atom is 0.226 e. The van der Waals surface area contributed by atoms with E-state index in [0.717, 1.165) is 28.6 Å². The largest absolute Gasteiger partial charge is 0.362 e. The predicted octanol–water partition coefficient (Wildman–Crippen LogP) is 3.84. The molecule has 1 aromatic heterocycles. The van der Waals surface area contributed by atoms with Gasteiger partial charge < -0.3 is 10.6 Å². The fraction of sp³-hybridized carbons (Fsp3) is 0.333. The molecule has 2 aromatic rings. The van der Waals surface area contributed by atoms with E-state index in [1.165, 1.54) is 0 Å². The van der Waals surface area contributed by atoms with Crippen LogP contribution in [0.2, 0.25) is 0 Å². The first-order chi connectivity index (χ1) is 9.60. The lowest BCUT2D eigenvalue weighted by molar-refractivity contribution is -0.118. The highest BCUT2D eigenvalue weighted by Crippen LogP contribution is 2.25. The minimum Gasteiger partial charge on any atom is -0.362 e. The number of nitrogens with zero attached hydrogens (tertiary/aromatic N) is 1. The first-order valence-corrected chi connectivity index (χ1v) is 7.58. The number of amides is 1. The number of carbonyl (C=O) groups excluding carboxylic acids is 1. The van der Waals surface area contributed by atoms with Crippen molar-refractivity contribution in [1.82, 2.24) is 4.98 Å². The topological polar surface area (TPSA) is 54.0 Å². The van der Waals surface area contributed by atoms with Crippen molar-refractivity contribution in [2.24, 2.45) is 5.92 Å². The second-order valence-corrected chi connectivity index (χ2v) is 5.65. The Balaban J connectivity index is 2.09. The number of thiazole rings is 1. The third kappa shape index (κ3) is 3.57. The molecule has 0 radical (unpaired) electrons. The molecule has 0 bridgehead atoms. The minimum atomic E-state index is -0.0177. The van der Waals surface area contributed by atoms with Gasteiger partial charge in [0.1, 0.15) is 0 Å². The molecule has 0 aliphatic rings. The SMILES string of the molecule is CCNc1nc(-c2ccc(NC(=O)C(C)C)cc2)cs1. The fourth-order valence-electron chi connectivity index (χ4n) is 1.65. The number of anilines is 2. The minimum absolute atomic E-state index is 0.0177. The van der Waals surface area contributed by atoms with E-state index in [1.54, 1.807) is 11.3 Å². The number of nitrogens with one attached hydrogen (secondary N) is 2. The lowest BCUT2D eigenvalue weighted by Gasteiger charge is -2.07. The first kappa shape index (κ1) is 14.5. The van der Waals surface area contributed by atoms with E-state index in [-0.39, 0.29) is 11.8 Å². The van der Waals surface area contributed by atoms with Crippen LogP contribution in [0.15, 0.2) is 29.6 Å². The van der Waals surface area contributed by atoms with E-state index >= 15 is 0 Å². The number of aromatic nitrogens is 1. The third-order valence-electron chi connectivity index (χ3n) is 2.80. The smallest absolute Gasteiger partial charge is 0.226 e. The van der Waals surface area contributed by atoms with Crippen LogP contribution in [0.25, 0.3) is 11.3 Å². The van der Waals surface area contributed by atoms with Crippen LogP contribution in [0.5, 0.6) is 0 Å². The summed E-state index contributed by atoms with van der Waals surface area (Å²) in [4.78, 5) is 16.1. The van der Waals surface area contributed by atoms with Gasteiger partial charge in [0.05, 0.1) is 5.69 Å². The summed E-state index contributed by atoms with van der Waals surface area (Å²) in [6.07, 6.45) is 0. The Morgan fingerprint density at radius 2 is 2.00 bits per heavy atom. The summed E-state index contributed by atoms with van der Waals surface area (Å²) in [7, 11) is 0. The second-order valence-electron chi connectivity index (χ2n) is 4.79. The van der Waals surface area contributed by atoms with Gasteiger partial charge in [0, 0.05) is 29.1 Å². The molecular weight excluding hydrogens is 270 g/mol. The van der Waals surface area contributed by atoms with Gasteiger partial charge in [-0.15, -0.1) is 11.3 Å². The Morgan fingerprint density at radius 3 is 2.60 bits per heavy atom. The van der Waals surface area contributed by atoms with Crippen LogP contribution in [0.3, 0.4) is 0 Å². The standard InChI is InChI=1S/C15H19N3OS/c1-4-16-15-18-13(9-20-15)11-5-7-12(8-6-11)17-14(19)10(2)3/h5-10H,4H2,1-3H3,(H,16,18)(H,17,19). The average molecular weight is 289 g/mol. The van der Waals surface area contributed by atoms with Crippen LogP contribution in [0.4, 0.5) is 10.8 Å². The second kappa shape index (κ2) is 6.52. The molecule has 4 nitrogen and oxygen atoms in total. The van der Waals surface area contributed by atoms with Gasteiger partial charge in [-0.05, 0) is 19.1 Å². The van der Waals surface area contributed by atoms with E-state index in [0.29, 0.717) is 0 Å². The highest BCUT2D eigenvalue weighted by atomic mass is 32.1. The molecule has 0 unspecified atom stereocenters. The van der Waals surface area contributed by atoms with Gasteiger partial charge in [-0.2, -0.15) is 0 Å². The number of rotatable bonds is 5. The van der Waals surface area contributed by atoms with Crippen LogP contribution in [-0.2, 0) is 4.79 Å². The Labute approximate surface area is 123 Å². The van der Waals surface area contributed by atoms with E-state index in [4.69, 9.17) is 0 Å². The van der Waals surface area contributed by atoms with Crippen molar-refractivity contribution >= 4 is 28.1 Å². The molecule has 106 valence electrons. The van der Waals surface area contributed by atoms with E-state index in [2.05, 4.69) is 15.6 Å². The molecule has 2 N–H and O–H groups in total. The lowest BCUT2D eigenvalue weighted by atomic mass is 10.1. The lowest BCUT2D eigenvalue weighted by Crippen LogP contribution is -2.17. The number of hydrogen-bond acceptors (Lipinski definition) is 4. The quantitative estimate of drug-likeness (QED) is 0.879. The van der Waals surface area contributed by atoms with Crippen LogP contribution in [0.1, 0.15) is 20.8 Å². The van der Waals surface area contributed by atoms with Crippen LogP contribution >= 0.6 is 11.3 Å². The Morgan fingerprint density at radius 1 is 1.30 bits per heavy atom. The molecule has 2 rings (SSSR count).